The number of nitrogens with zero attached hydrogens (tertiary/aromatic N) is 1. The van der Waals surface area contributed by atoms with Crippen molar-refractivity contribution in [2.45, 2.75) is 26.9 Å². The number of thioether (sulfide) groups is 1. The number of halogens is 1. The summed E-state index contributed by atoms with van der Waals surface area (Å²) in [4.78, 5) is 28.5. The van der Waals surface area contributed by atoms with Crippen LogP contribution in [0.4, 0.5) is 0 Å². The number of aliphatic hydroxyl groups excluding tert-OH is 1. The zero-order chi connectivity index (χ0) is 23.1. The first-order valence-corrected chi connectivity index (χ1v) is 11.6. The number of hydrogen-bond acceptors (Lipinski definition) is 6. The second-order valence-corrected chi connectivity index (χ2v) is 8.65. The van der Waals surface area contributed by atoms with Crippen molar-refractivity contribution in [3.05, 3.63) is 80.4 Å². The van der Waals surface area contributed by atoms with Gasteiger partial charge in [-0.3, -0.25) is 4.79 Å². The second-order valence-electron chi connectivity index (χ2n) is 6.70. The van der Waals surface area contributed by atoms with E-state index >= 15 is 0 Å². The molecule has 0 bridgehead atoms. The number of benzene rings is 2. The molecule has 0 atom stereocenters. The monoisotopic (exact) mass is 515 g/mol. The van der Waals surface area contributed by atoms with Crippen LogP contribution in [0.2, 0.25) is 0 Å². The fourth-order valence-corrected chi connectivity index (χ4v) is 4.04. The fourth-order valence-electron chi connectivity index (χ4n) is 2.74. The molecule has 0 aromatic heterocycles. The number of rotatable bonds is 7. The molecule has 6 nitrogen and oxygen atoms in total. The summed E-state index contributed by atoms with van der Waals surface area (Å²) >= 11 is 4.47. The lowest BCUT2D eigenvalue weighted by molar-refractivity contribution is -0.138. The number of amides is 1. The van der Waals surface area contributed by atoms with Gasteiger partial charge >= 0.3 is 5.97 Å². The van der Waals surface area contributed by atoms with Gasteiger partial charge in [0.1, 0.15) is 28.7 Å². The Labute approximate surface area is 199 Å². The van der Waals surface area contributed by atoms with Crippen LogP contribution < -0.4 is 4.74 Å². The predicted octanol–water partition coefficient (Wildman–Crippen LogP) is 5.83. The van der Waals surface area contributed by atoms with Crippen LogP contribution in [0.1, 0.15) is 31.4 Å². The third-order valence-corrected chi connectivity index (χ3v) is 5.94. The van der Waals surface area contributed by atoms with E-state index in [1.54, 1.807) is 19.9 Å². The van der Waals surface area contributed by atoms with E-state index in [2.05, 4.69) is 20.9 Å². The molecule has 0 aliphatic carbocycles. The standard InChI is InChI=1S/C24H22BrNO5S/c1-3-20(27)26-23-21(24(29)30-4-2)22(28)19(32-23)13-15-7-11-18(12-8-15)31-14-16-5-9-17(25)10-6-16/h5-13,28H,3-4,14H2,1-2H3/b19-13-,26-23?. The van der Waals surface area contributed by atoms with E-state index in [9.17, 15) is 14.7 Å². The average Bonchev–Trinajstić information content (AvgIpc) is 3.08. The van der Waals surface area contributed by atoms with E-state index in [1.165, 1.54) is 0 Å². The van der Waals surface area contributed by atoms with Crippen LogP contribution in [0.3, 0.4) is 0 Å². The molecular formula is C24H22BrNO5S. The Morgan fingerprint density at radius 2 is 1.78 bits per heavy atom. The highest BCUT2D eigenvalue weighted by atomic mass is 79.9. The number of carbonyl (C=O) groups is 2. The molecule has 0 spiro atoms. The van der Waals surface area contributed by atoms with Crippen molar-refractivity contribution in [3.63, 3.8) is 0 Å². The van der Waals surface area contributed by atoms with Crippen molar-refractivity contribution in [3.8, 4) is 5.75 Å². The largest absolute Gasteiger partial charge is 0.506 e. The van der Waals surface area contributed by atoms with Crippen molar-refractivity contribution in [1.29, 1.82) is 0 Å². The molecule has 166 valence electrons. The number of esters is 1. The predicted molar refractivity (Wildman–Crippen MR) is 130 cm³/mol. The smallest absolute Gasteiger partial charge is 0.344 e. The van der Waals surface area contributed by atoms with Crippen LogP contribution in [-0.2, 0) is 20.9 Å². The van der Waals surface area contributed by atoms with Gasteiger partial charge in [-0.15, -0.1) is 0 Å². The first kappa shape index (κ1) is 23.8. The van der Waals surface area contributed by atoms with E-state index in [4.69, 9.17) is 9.47 Å². The van der Waals surface area contributed by atoms with Crippen LogP contribution >= 0.6 is 27.7 Å². The quantitative estimate of drug-likeness (QED) is 0.467. The Hall–Kier alpha value is -2.84. The molecule has 32 heavy (non-hydrogen) atoms. The molecular weight excluding hydrogens is 494 g/mol. The Balaban J connectivity index is 1.77. The number of aliphatic imine (C=N–C) groups is 1. The summed E-state index contributed by atoms with van der Waals surface area (Å²) in [5.41, 5.74) is 1.76. The lowest BCUT2D eigenvalue weighted by atomic mass is 10.1. The lowest BCUT2D eigenvalue weighted by Gasteiger charge is -2.07. The lowest BCUT2D eigenvalue weighted by Crippen LogP contribution is -2.14. The first-order valence-electron chi connectivity index (χ1n) is 10.0. The zero-order valence-corrected chi connectivity index (χ0v) is 20.0. The fraction of sp³-hybridized carbons (Fsp3) is 0.208. The minimum absolute atomic E-state index is 0.0839. The number of carbonyl (C=O) groups excluding carboxylic acids is 2. The van der Waals surface area contributed by atoms with Gasteiger partial charge in [-0.1, -0.05) is 58.9 Å². The van der Waals surface area contributed by atoms with Gasteiger partial charge in [0, 0.05) is 10.9 Å². The van der Waals surface area contributed by atoms with Gasteiger partial charge in [0.2, 0.25) is 5.91 Å². The zero-order valence-electron chi connectivity index (χ0n) is 17.6. The van der Waals surface area contributed by atoms with Gasteiger partial charge in [0.05, 0.1) is 11.5 Å². The van der Waals surface area contributed by atoms with Crippen molar-refractivity contribution >= 4 is 50.7 Å². The second kappa shape index (κ2) is 11.2. The molecule has 2 aromatic rings. The van der Waals surface area contributed by atoms with Gasteiger partial charge in [-0.05, 0) is 48.4 Å². The van der Waals surface area contributed by atoms with Crippen molar-refractivity contribution in [1.82, 2.24) is 0 Å². The Morgan fingerprint density at radius 3 is 2.41 bits per heavy atom. The molecule has 0 fully saturated rings. The molecule has 3 rings (SSSR count). The molecule has 1 N–H and O–H groups in total. The summed E-state index contributed by atoms with van der Waals surface area (Å²) in [6.45, 7) is 3.94. The molecule has 1 heterocycles. The summed E-state index contributed by atoms with van der Waals surface area (Å²) < 4.78 is 11.8. The topological polar surface area (TPSA) is 85.2 Å². The molecule has 1 amide bonds. The van der Waals surface area contributed by atoms with Gasteiger partial charge in [0.25, 0.3) is 0 Å². The normalized spacial score (nSPS) is 16.0. The maximum absolute atomic E-state index is 12.3. The molecule has 0 saturated heterocycles. The highest BCUT2D eigenvalue weighted by Gasteiger charge is 2.33. The van der Waals surface area contributed by atoms with E-state index in [0.29, 0.717) is 17.3 Å². The van der Waals surface area contributed by atoms with Crippen molar-refractivity contribution in [2.24, 2.45) is 4.99 Å². The summed E-state index contributed by atoms with van der Waals surface area (Å²) in [6, 6.07) is 15.2. The highest BCUT2D eigenvalue weighted by Crippen LogP contribution is 2.39. The molecule has 1 aliphatic heterocycles. The summed E-state index contributed by atoms with van der Waals surface area (Å²) in [5, 5.41) is 10.8. The van der Waals surface area contributed by atoms with Crippen LogP contribution in [0.15, 0.2) is 74.2 Å². The van der Waals surface area contributed by atoms with E-state index in [-0.39, 0.29) is 35.3 Å². The molecule has 8 heteroatoms. The maximum Gasteiger partial charge on any atom is 0.344 e. The van der Waals surface area contributed by atoms with Gasteiger partial charge < -0.3 is 14.6 Å². The Bertz CT molecular complexity index is 1090. The van der Waals surface area contributed by atoms with Crippen LogP contribution in [0.25, 0.3) is 6.08 Å². The van der Waals surface area contributed by atoms with Crippen LogP contribution in [0.5, 0.6) is 5.75 Å². The number of hydrogen-bond donors (Lipinski definition) is 1. The van der Waals surface area contributed by atoms with E-state index in [0.717, 1.165) is 27.4 Å². The average molecular weight is 516 g/mol. The third kappa shape index (κ3) is 6.11. The molecule has 0 radical (unpaired) electrons. The highest BCUT2D eigenvalue weighted by molar-refractivity contribution is 9.10. The molecule has 0 unspecified atom stereocenters. The minimum atomic E-state index is -0.708. The van der Waals surface area contributed by atoms with Gasteiger partial charge in [0.15, 0.2) is 0 Å². The molecule has 2 aromatic carbocycles. The number of ether oxygens (including phenoxy) is 2. The van der Waals surface area contributed by atoms with Crippen LogP contribution in [-0.4, -0.2) is 28.6 Å². The van der Waals surface area contributed by atoms with Gasteiger partial charge in [-0.25, -0.2) is 9.79 Å². The minimum Gasteiger partial charge on any atom is -0.506 e. The molecule has 0 saturated carbocycles. The molecule has 1 aliphatic rings. The Kier molecular flexibility index (Phi) is 8.30. The van der Waals surface area contributed by atoms with Gasteiger partial charge in [-0.2, -0.15) is 0 Å². The maximum atomic E-state index is 12.3. The summed E-state index contributed by atoms with van der Waals surface area (Å²) in [7, 11) is 0. The van der Waals surface area contributed by atoms with Crippen molar-refractivity contribution < 1.29 is 24.2 Å². The first-order chi connectivity index (χ1) is 15.4. The van der Waals surface area contributed by atoms with E-state index in [1.807, 2.05) is 48.5 Å². The third-order valence-electron chi connectivity index (χ3n) is 4.40. The Morgan fingerprint density at radius 1 is 1.09 bits per heavy atom. The SMILES string of the molecule is CCOC(=O)C1=C(O)/C(=C/c2ccc(OCc3ccc(Br)cc3)cc2)SC1=NC(=O)CC. The van der Waals surface area contributed by atoms with Crippen molar-refractivity contribution in [2.75, 3.05) is 6.61 Å². The van der Waals surface area contributed by atoms with Crippen LogP contribution in [0, 0.1) is 0 Å². The number of aliphatic hydroxyl groups is 1. The van der Waals surface area contributed by atoms with E-state index < -0.39 is 5.97 Å². The summed E-state index contributed by atoms with van der Waals surface area (Å²) in [6.07, 6.45) is 1.92. The summed E-state index contributed by atoms with van der Waals surface area (Å²) in [5.74, 6) is -0.626.